The summed E-state index contributed by atoms with van der Waals surface area (Å²) in [5.41, 5.74) is 4.13. The summed E-state index contributed by atoms with van der Waals surface area (Å²) in [7, 11) is 0. The van der Waals surface area contributed by atoms with E-state index < -0.39 is 6.10 Å². The monoisotopic (exact) mass is 208 g/mol. The summed E-state index contributed by atoms with van der Waals surface area (Å²) in [5, 5.41) is 10.4. The molecule has 1 aliphatic carbocycles. The smallest absolute Gasteiger partial charge is 0.105 e. The third-order valence-corrected chi connectivity index (χ3v) is 3.02. The van der Waals surface area contributed by atoms with Crippen molar-refractivity contribution in [2.75, 3.05) is 0 Å². The Morgan fingerprint density at radius 1 is 0.688 bits per heavy atom. The van der Waals surface area contributed by atoms with Gasteiger partial charge in [-0.05, 0) is 22.3 Å². The van der Waals surface area contributed by atoms with Crippen molar-refractivity contribution in [2.45, 2.75) is 6.10 Å². The van der Waals surface area contributed by atoms with Crippen LogP contribution in [0.25, 0.3) is 12.2 Å². The van der Waals surface area contributed by atoms with Crippen LogP contribution in [0.15, 0.2) is 48.5 Å². The van der Waals surface area contributed by atoms with Gasteiger partial charge in [0.25, 0.3) is 0 Å². The number of fused-ring (bicyclic) bond motifs is 2. The number of aliphatic hydroxyl groups is 1. The lowest BCUT2D eigenvalue weighted by atomic mass is 9.97. The van der Waals surface area contributed by atoms with Gasteiger partial charge in [-0.3, -0.25) is 0 Å². The molecule has 2 aromatic rings. The van der Waals surface area contributed by atoms with Gasteiger partial charge in [0.05, 0.1) is 0 Å². The molecule has 0 radical (unpaired) electrons. The Labute approximate surface area is 94.7 Å². The van der Waals surface area contributed by atoms with E-state index in [1.807, 2.05) is 48.5 Å². The summed E-state index contributed by atoms with van der Waals surface area (Å²) >= 11 is 0. The molecule has 0 atom stereocenters. The SMILES string of the molecule is OC1c2ccccc2C=Cc2ccccc21. The largest absolute Gasteiger partial charge is 0.384 e. The van der Waals surface area contributed by atoms with E-state index in [1.54, 1.807) is 0 Å². The molecule has 3 rings (SSSR count). The number of rotatable bonds is 0. The Balaban J connectivity index is 2.26. The van der Waals surface area contributed by atoms with Gasteiger partial charge in [0.1, 0.15) is 6.10 Å². The Bertz CT molecular complexity index is 505. The number of hydrogen-bond donors (Lipinski definition) is 1. The molecular formula is C15H12O. The van der Waals surface area contributed by atoms with E-state index in [9.17, 15) is 5.11 Å². The molecular weight excluding hydrogens is 196 g/mol. The average Bonchev–Trinajstić information content (AvgIpc) is 2.49. The lowest BCUT2D eigenvalue weighted by Gasteiger charge is -2.13. The molecule has 0 aliphatic heterocycles. The summed E-state index contributed by atoms with van der Waals surface area (Å²) in [5.74, 6) is 0. The zero-order chi connectivity index (χ0) is 11.0. The molecule has 1 heteroatoms. The molecule has 1 N–H and O–H groups in total. The van der Waals surface area contributed by atoms with Crippen molar-refractivity contribution in [2.24, 2.45) is 0 Å². The zero-order valence-corrected chi connectivity index (χ0v) is 8.80. The Kier molecular flexibility index (Phi) is 2.12. The normalized spacial score (nSPS) is 14.1. The molecule has 0 spiro atoms. The highest BCUT2D eigenvalue weighted by Gasteiger charge is 2.17. The van der Waals surface area contributed by atoms with E-state index in [4.69, 9.17) is 0 Å². The fourth-order valence-electron chi connectivity index (χ4n) is 2.17. The van der Waals surface area contributed by atoms with Crippen LogP contribution in [0.3, 0.4) is 0 Å². The maximum Gasteiger partial charge on any atom is 0.105 e. The molecule has 2 aromatic carbocycles. The minimum atomic E-state index is -0.526. The third-order valence-electron chi connectivity index (χ3n) is 3.02. The molecule has 1 aliphatic rings. The molecule has 0 aromatic heterocycles. The van der Waals surface area contributed by atoms with Crippen molar-refractivity contribution in [3.05, 3.63) is 70.8 Å². The van der Waals surface area contributed by atoms with Crippen LogP contribution in [-0.4, -0.2) is 5.11 Å². The lowest BCUT2D eigenvalue weighted by Crippen LogP contribution is -2.01. The summed E-state index contributed by atoms with van der Waals surface area (Å²) in [6, 6.07) is 15.9. The van der Waals surface area contributed by atoms with Crippen LogP contribution in [0.4, 0.5) is 0 Å². The highest BCUT2D eigenvalue weighted by molar-refractivity contribution is 5.75. The molecule has 16 heavy (non-hydrogen) atoms. The number of aliphatic hydroxyl groups excluding tert-OH is 1. The minimum absolute atomic E-state index is 0.526. The fourth-order valence-corrected chi connectivity index (χ4v) is 2.17. The first-order valence-corrected chi connectivity index (χ1v) is 5.40. The summed E-state index contributed by atoms with van der Waals surface area (Å²) in [6.45, 7) is 0. The van der Waals surface area contributed by atoms with Crippen LogP contribution < -0.4 is 0 Å². The molecule has 0 unspecified atom stereocenters. The van der Waals surface area contributed by atoms with Gasteiger partial charge in [-0.2, -0.15) is 0 Å². The van der Waals surface area contributed by atoms with Gasteiger partial charge in [0, 0.05) is 0 Å². The van der Waals surface area contributed by atoms with Gasteiger partial charge in [-0.1, -0.05) is 60.7 Å². The van der Waals surface area contributed by atoms with Gasteiger partial charge >= 0.3 is 0 Å². The maximum atomic E-state index is 10.4. The quantitative estimate of drug-likeness (QED) is 0.704. The van der Waals surface area contributed by atoms with Crippen LogP contribution in [0, 0.1) is 0 Å². The van der Waals surface area contributed by atoms with Crippen molar-refractivity contribution in [3.8, 4) is 0 Å². The topological polar surface area (TPSA) is 20.2 Å². The summed E-state index contributed by atoms with van der Waals surface area (Å²) in [4.78, 5) is 0. The van der Waals surface area contributed by atoms with Crippen LogP contribution in [-0.2, 0) is 0 Å². The van der Waals surface area contributed by atoms with Crippen LogP contribution >= 0.6 is 0 Å². The van der Waals surface area contributed by atoms with E-state index in [-0.39, 0.29) is 0 Å². The van der Waals surface area contributed by atoms with Crippen molar-refractivity contribution in [1.29, 1.82) is 0 Å². The Morgan fingerprint density at radius 2 is 1.12 bits per heavy atom. The first-order chi connectivity index (χ1) is 7.86. The molecule has 0 fully saturated rings. The molecule has 0 saturated carbocycles. The molecule has 0 bridgehead atoms. The van der Waals surface area contributed by atoms with Crippen molar-refractivity contribution < 1.29 is 5.11 Å². The average molecular weight is 208 g/mol. The van der Waals surface area contributed by atoms with Gasteiger partial charge < -0.3 is 5.11 Å². The molecule has 1 nitrogen and oxygen atoms in total. The minimum Gasteiger partial charge on any atom is -0.384 e. The first-order valence-electron chi connectivity index (χ1n) is 5.40. The summed E-state index contributed by atoms with van der Waals surface area (Å²) in [6.07, 6.45) is 3.59. The lowest BCUT2D eigenvalue weighted by molar-refractivity contribution is 0.220. The van der Waals surface area contributed by atoms with E-state index >= 15 is 0 Å². The van der Waals surface area contributed by atoms with Crippen LogP contribution in [0.5, 0.6) is 0 Å². The van der Waals surface area contributed by atoms with Gasteiger partial charge in [0.15, 0.2) is 0 Å². The van der Waals surface area contributed by atoms with Gasteiger partial charge in [-0.15, -0.1) is 0 Å². The molecule has 0 heterocycles. The third kappa shape index (κ3) is 1.37. The predicted molar refractivity (Wildman–Crippen MR) is 65.9 cm³/mol. The second-order valence-corrected chi connectivity index (χ2v) is 3.99. The number of benzene rings is 2. The maximum absolute atomic E-state index is 10.4. The van der Waals surface area contributed by atoms with E-state index in [2.05, 4.69) is 12.2 Å². The molecule has 78 valence electrons. The highest BCUT2D eigenvalue weighted by Crippen LogP contribution is 2.32. The van der Waals surface area contributed by atoms with Crippen molar-refractivity contribution in [1.82, 2.24) is 0 Å². The summed E-state index contributed by atoms with van der Waals surface area (Å²) < 4.78 is 0. The zero-order valence-electron chi connectivity index (χ0n) is 8.80. The highest BCUT2D eigenvalue weighted by atomic mass is 16.3. The van der Waals surface area contributed by atoms with E-state index in [0.29, 0.717) is 0 Å². The van der Waals surface area contributed by atoms with Crippen molar-refractivity contribution >= 4 is 12.2 Å². The van der Waals surface area contributed by atoms with Crippen LogP contribution in [0.1, 0.15) is 28.4 Å². The second-order valence-electron chi connectivity index (χ2n) is 3.99. The molecule has 0 amide bonds. The second kappa shape index (κ2) is 3.62. The standard InChI is InChI=1S/C15H12O/c16-15-13-7-3-1-5-11(13)9-10-12-6-2-4-8-14(12)15/h1-10,15-16H. The van der Waals surface area contributed by atoms with E-state index in [1.165, 1.54) is 0 Å². The van der Waals surface area contributed by atoms with Gasteiger partial charge in [0.2, 0.25) is 0 Å². The van der Waals surface area contributed by atoms with Gasteiger partial charge in [-0.25, -0.2) is 0 Å². The van der Waals surface area contributed by atoms with Crippen LogP contribution in [0.2, 0.25) is 0 Å². The Hall–Kier alpha value is -1.86. The predicted octanol–water partition coefficient (Wildman–Crippen LogP) is 3.25. The first kappa shape index (κ1) is 9.37. The Morgan fingerprint density at radius 3 is 1.62 bits per heavy atom. The van der Waals surface area contributed by atoms with E-state index in [0.717, 1.165) is 22.3 Å². The number of hydrogen-bond acceptors (Lipinski definition) is 1. The van der Waals surface area contributed by atoms with Crippen molar-refractivity contribution in [3.63, 3.8) is 0 Å². The fraction of sp³-hybridized carbons (Fsp3) is 0.0667. The molecule has 0 saturated heterocycles.